The van der Waals surface area contributed by atoms with Crippen LogP contribution in [0, 0.1) is 5.92 Å². The molecule has 0 saturated carbocycles. The van der Waals surface area contributed by atoms with Crippen LogP contribution in [-0.2, 0) is 22.6 Å². The molecule has 6 nitrogen and oxygen atoms in total. The Balaban J connectivity index is 2.18. The van der Waals surface area contributed by atoms with E-state index in [-0.39, 0.29) is 11.8 Å². The molecule has 2 rings (SSSR count). The van der Waals surface area contributed by atoms with E-state index < -0.39 is 6.04 Å². The summed E-state index contributed by atoms with van der Waals surface area (Å²) in [7, 11) is 3.19. The van der Waals surface area contributed by atoms with Crippen molar-refractivity contribution in [2.24, 2.45) is 5.92 Å². The van der Waals surface area contributed by atoms with E-state index >= 15 is 0 Å². The second-order valence-corrected chi connectivity index (χ2v) is 8.26. The van der Waals surface area contributed by atoms with E-state index in [1.54, 1.807) is 19.1 Å². The Bertz CT molecular complexity index is 867. The molecule has 0 bridgehead atoms. The second-order valence-electron chi connectivity index (χ2n) is 8.26. The van der Waals surface area contributed by atoms with Crippen molar-refractivity contribution in [2.75, 3.05) is 20.8 Å². The van der Waals surface area contributed by atoms with Crippen molar-refractivity contribution in [1.82, 2.24) is 10.2 Å². The molecule has 174 valence electrons. The Morgan fingerprint density at radius 3 is 2.25 bits per heavy atom. The van der Waals surface area contributed by atoms with E-state index in [0.29, 0.717) is 49.8 Å². The highest BCUT2D eigenvalue weighted by atomic mass is 16.5. The standard InChI is InChI=1S/C26H36N2O4/c1-6-22(26(30)27-17-19(2)3)28(18-21-10-8-7-9-11-21)25(29)15-13-20-12-14-23(31-4)24(16-20)32-5/h7-12,14,16,19,22H,6,13,15,17-18H2,1-5H3,(H,27,30)/t22-/m0/s1. The van der Waals surface area contributed by atoms with E-state index in [1.165, 1.54) is 0 Å². The van der Waals surface area contributed by atoms with Crippen LogP contribution in [0.4, 0.5) is 0 Å². The monoisotopic (exact) mass is 440 g/mol. The highest BCUT2D eigenvalue weighted by Crippen LogP contribution is 2.28. The molecule has 32 heavy (non-hydrogen) atoms. The van der Waals surface area contributed by atoms with Crippen LogP contribution in [0.25, 0.3) is 0 Å². The Hall–Kier alpha value is -3.02. The largest absolute Gasteiger partial charge is 0.493 e. The molecule has 1 atom stereocenters. The number of hydrogen-bond donors (Lipinski definition) is 1. The number of rotatable bonds is 12. The summed E-state index contributed by atoms with van der Waals surface area (Å²) in [5.41, 5.74) is 1.98. The summed E-state index contributed by atoms with van der Waals surface area (Å²) in [6.07, 6.45) is 1.41. The predicted octanol–water partition coefficient (Wildman–Crippen LogP) is 4.22. The minimum atomic E-state index is -0.508. The predicted molar refractivity (Wildman–Crippen MR) is 127 cm³/mol. The van der Waals surface area contributed by atoms with Crippen molar-refractivity contribution < 1.29 is 19.1 Å². The number of aryl methyl sites for hydroxylation is 1. The molecule has 2 aromatic carbocycles. The number of nitrogens with one attached hydrogen (secondary N) is 1. The molecule has 2 amide bonds. The van der Waals surface area contributed by atoms with Crippen LogP contribution in [0.1, 0.15) is 44.7 Å². The number of carbonyl (C=O) groups is 2. The third kappa shape index (κ3) is 7.29. The van der Waals surface area contributed by atoms with Crippen LogP contribution in [0.5, 0.6) is 11.5 Å². The zero-order valence-corrected chi connectivity index (χ0v) is 19.9. The third-order valence-electron chi connectivity index (χ3n) is 5.34. The van der Waals surface area contributed by atoms with Gasteiger partial charge in [0.2, 0.25) is 11.8 Å². The Kier molecular flexibility index (Phi) is 10.1. The van der Waals surface area contributed by atoms with Gasteiger partial charge < -0.3 is 19.7 Å². The second kappa shape index (κ2) is 12.7. The summed E-state index contributed by atoms with van der Waals surface area (Å²) in [6, 6.07) is 15.0. The SMILES string of the molecule is CC[C@@H](C(=O)NCC(C)C)N(Cc1ccccc1)C(=O)CCc1ccc(OC)c(OC)c1. The fourth-order valence-electron chi connectivity index (χ4n) is 3.55. The molecule has 0 aliphatic heterocycles. The first-order valence-electron chi connectivity index (χ1n) is 11.2. The highest BCUT2D eigenvalue weighted by Gasteiger charge is 2.28. The quantitative estimate of drug-likeness (QED) is 0.537. The Labute approximate surface area is 191 Å². The number of hydrogen-bond acceptors (Lipinski definition) is 4. The Morgan fingerprint density at radius 1 is 0.969 bits per heavy atom. The van der Waals surface area contributed by atoms with Gasteiger partial charge in [-0.1, -0.05) is 57.2 Å². The van der Waals surface area contributed by atoms with E-state index in [2.05, 4.69) is 19.2 Å². The maximum Gasteiger partial charge on any atom is 0.242 e. The number of nitrogens with zero attached hydrogens (tertiary/aromatic N) is 1. The average molecular weight is 441 g/mol. The lowest BCUT2D eigenvalue weighted by Crippen LogP contribution is -2.49. The van der Waals surface area contributed by atoms with Crippen LogP contribution in [0.15, 0.2) is 48.5 Å². The van der Waals surface area contributed by atoms with Crippen LogP contribution in [0.2, 0.25) is 0 Å². The molecule has 1 N–H and O–H groups in total. The molecule has 0 aliphatic rings. The summed E-state index contributed by atoms with van der Waals surface area (Å²) in [5.74, 6) is 1.49. The molecule has 0 heterocycles. The zero-order chi connectivity index (χ0) is 23.5. The first kappa shape index (κ1) is 25.2. The molecule has 0 spiro atoms. The molecular formula is C26H36N2O4. The van der Waals surface area contributed by atoms with Gasteiger partial charge in [0.1, 0.15) is 6.04 Å². The van der Waals surface area contributed by atoms with Crippen molar-refractivity contribution in [3.8, 4) is 11.5 Å². The van der Waals surface area contributed by atoms with Gasteiger partial charge in [-0.25, -0.2) is 0 Å². The molecule has 6 heteroatoms. The molecule has 0 unspecified atom stereocenters. The molecule has 2 aromatic rings. The molecule has 0 fully saturated rings. The van der Waals surface area contributed by atoms with Gasteiger partial charge in [-0.3, -0.25) is 9.59 Å². The normalized spacial score (nSPS) is 11.7. The summed E-state index contributed by atoms with van der Waals surface area (Å²) in [5, 5.41) is 2.99. The van der Waals surface area contributed by atoms with Crippen molar-refractivity contribution in [2.45, 2.75) is 52.6 Å². The van der Waals surface area contributed by atoms with Crippen LogP contribution >= 0.6 is 0 Å². The van der Waals surface area contributed by atoms with E-state index in [0.717, 1.165) is 11.1 Å². The van der Waals surface area contributed by atoms with Crippen LogP contribution in [0.3, 0.4) is 0 Å². The minimum Gasteiger partial charge on any atom is -0.493 e. The van der Waals surface area contributed by atoms with Crippen LogP contribution in [-0.4, -0.2) is 43.5 Å². The first-order chi connectivity index (χ1) is 15.4. The van der Waals surface area contributed by atoms with Crippen molar-refractivity contribution in [3.05, 3.63) is 59.7 Å². The maximum absolute atomic E-state index is 13.3. The van der Waals surface area contributed by atoms with Crippen molar-refractivity contribution in [1.29, 1.82) is 0 Å². The summed E-state index contributed by atoms with van der Waals surface area (Å²) < 4.78 is 10.7. The minimum absolute atomic E-state index is 0.0461. The zero-order valence-electron chi connectivity index (χ0n) is 19.9. The van der Waals surface area contributed by atoms with Gasteiger partial charge in [0, 0.05) is 19.5 Å². The number of methoxy groups -OCH3 is 2. The topological polar surface area (TPSA) is 67.9 Å². The summed E-state index contributed by atoms with van der Waals surface area (Å²) in [6.45, 7) is 7.04. The summed E-state index contributed by atoms with van der Waals surface area (Å²) >= 11 is 0. The molecule has 0 saturated heterocycles. The maximum atomic E-state index is 13.3. The molecule has 0 aliphatic carbocycles. The smallest absolute Gasteiger partial charge is 0.242 e. The lowest BCUT2D eigenvalue weighted by atomic mass is 10.1. The van der Waals surface area contributed by atoms with Crippen LogP contribution < -0.4 is 14.8 Å². The van der Waals surface area contributed by atoms with E-state index in [4.69, 9.17) is 9.47 Å². The number of amides is 2. The highest BCUT2D eigenvalue weighted by molar-refractivity contribution is 5.87. The van der Waals surface area contributed by atoms with Gasteiger partial charge >= 0.3 is 0 Å². The fraction of sp³-hybridized carbons (Fsp3) is 0.462. The lowest BCUT2D eigenvalue weighted by molar-refractivity contribution is -0.141. The van der Waals surface area contributed by atoms with Gasteiger partial charge in [0.15, 0.2) is 11.5 Å². The lowest BCUT2D eigenvalue weighted by Gasteiger charge is -2.31. The molecule has 0 aromatic heterocycles. The fourth-order valence-corrected chi connectivity index (χ4v) is 3.55. The van der Waals surface area contributed by atoms with E-state index in [9.17, 15) is 9.59 Å². The average Bonchev–Trinajstić information content (AvgIpc) is 2.81. The van der Waals surface area contributed by atoms with Crippen molar-refractivity contribution in [3.63, 3.8) is 0 Å². The Morgan fingerprint density at radius 2 is 1.66 bits per heavy atom. The number of carbonyl (C=O) groups excluding carboxylic acids is 2. The number of benzene rings is 2. The van der Waals surface area contributed by atoms with Gasteiger partial charge in [-0.05, 0) is 42.0 Å². The van der Waals surface area contributed by atoms with Gasteiger partial charge in [-0.2, -0.15) is 0 Å². The van der Waals surface area contributed by atoms with Gasteiger partial charge in [0.05, 0.1) is 14.2 Å². The van der Waals surface area contributed by atoms with E-state index in [1.807, 2.05) is 55.5 Å². The van der Waals surface area contributed by atoms with Gasteiger partial charge in [-0.15, -0.1) is 0 Å². The molecule has 0 radical (unpaired) electrons. The van der Waals surface area contributed by atoms with Gasteiger partial charge in [0.25, 0.3) is 0 Å². The number of ether oxygens (including phenoxy) is 2. The summed E-state index contributed by atoms with van der Waals surface area (Å²) in [4.78, 5) is 28.0. The molecular weight excluding hydrogens is 404 g/mol. The van der Waals surface area contributed by atoms with Crippen molar-refractivity contribution >= 4 is 11.8 Å². The first-order valence-corrected chi connectivity index (χ1v) is 11.2. The third-order valence-corrected chi connectivity index (χ3v) is 5.34.